The molecule has 3 heteroatoms. The SMILES string of the molecule is CCc1cccc(CC)c1NC(=O)CCCOc1ccccc1C. The van der Waals surface area contributed by atoms with Gasteiger partial charge >= 0.3 is 0 Å². The quantitative estimate of drug-likeness (QED) is 0.700. The second kappa shape index (κ2) is 9.11. The number of para-hydroxylation sites is 2. The molecule has 0 radical (unpaired) electrons. The summed E-state index contributed by atoms with van der Waals surface area (Å²) in [6.07, 6.45) is 3.00. The highest BCUT2D eigenvalue weighted by Gasteiger charge is 2.10. The van der Waals surface area contributed by atoms with Crippen LogP contribution in [-0.2, 0) is 17.6 Å². The van der Waals surface area contributed by atoms with E-state index in [0.717, 1.165) is 29.8 Å². The maximum Gasteiger partial charge on any atom is 0.224 e. The maximum atomic E-state index is 12.3. The lowest BCUT2D eigenvalue weighted by Crippen LogP contribution is -2.15. The van der Waals surface area contributed by atoms with Gasteiger partial charge in [-0.05, 0) is 48.9 Å². The van der Waals surface area contributed by atoms with E-state index in [9.17, 15) is 4.79 Å². The van der Waals surface area contributed by atoms with Crippen molar-refractivity contribution < 1.29 is 9.53 Å². The first kappa shape index (κ1) is 18.1. The fourth-order valence-corrected chi connectivity index (χ4v) is 2.74. The van der Waals surface area contributed by atoms with Crippen molar-refractivity contribution in [2.45, 2.75) is 46.5 Å². The third kappa shape index (κ3) is 4.85. The van der Waals surface area contributed by atoms with Crippen molar-refractivity contribution in [2.24, 2.45) is 0 Å². The van der Waals surface area contributed by atoms with Crippen LogP contribution in [0.1, 0.15) is 43.4 Å². The first-order chi connectivity index (χ1) is 11.7. The Hall–Kier alpha value is -2.29. The molecular weight excluding hydrogens is 298 g/mol. The molecule has 0 heterocycles. The van der Waals surface area contributed by atoms with Crippen LogP contribution < -0.4 is 10.1 Å². The van der Waals surface area contributed by atoms with Crippen LogP contribution in [0.2, 0.25) is 0 Å². The smallest absolute Gasteiger partial charge is 0.224 e. The Morgan fingerprint density at radius 1 is 1.00 bits per heavy atom. The Morgan fingerprint density at radius 3 is 2.29 bits per heavy atom. The number of benzene rings is 2. The van der Waals surface area contributed by atoms with Crippen LogP contribution in [0.5, 0.6) is 5.75 Å². The molecule has 1 N–H and O–H groups in total. The number of rotatable bonds is 8. The van der Waals surface area contributed by atoms with Crippen molar-refractivity contribution in [2.75, 3.05) is 11.9 Å². The van der Waals surface area contributed by atoms with E-state index >= 15 is 0 Å². The van der Waals surface area contributed by atoms with Crippen molar-refractivity contribution in [3.05, 3.63) is 59.2 Å². The molecule has 2 aromatic rings. The van der Waals surface area contributed by atoms with Crippen LogP contribution in [0, 0.1) is 6.92 Å². The molecule has 0 saturated heterocycles. The molecule has 3 nitrogen and oxygen atoms in total. The summed E-state index contributed by atoms with van der Waals surface area (Å²) in [7, 11) is 0. The summed E-state index contributed by atoms with van der Waals surface area (Å²) in [6, 6.07) is 14.2. The van der Waals surface area contributed by atoms with Crippen molar-refractivity contribution >= 4 is 11.6 Å². The largest absolute Gasteiger partial charge is 0.493 e. The summed E-state index contributed by atoms with van der Waals surface area (Å²) in [4.78, 5) is 12.3. The fraction of sp³-hybridized carbons (Fsp3) is 0.381. The third-order valence-corrected chi connectivity index (χ3v) is 4.16. The van der Waals surface area contributed by atoms with E-state index in [-0.39, 0.29) is 5.91 Å². The van der Waals surface area contributed by atoms with E-state index in [2.05, 4.69) is 37.4 Å². The van der Waals surface area contributed by atoms with Gasteiger partial charge in [0, 0.05) is 12.1 Å². The Bertz CT molecular complexity index is 657. The number of hydrogen-bond acceptors (Lipinski definition) is 2. The summed E-state index contributed by atoms with van der Waals surface area (Å²) in [5.41, 5.74) is 4.50. The lowest BCUT2D eigenvalue weighted by Gasteiger charge is -2.14. The van der Waals surface area contributed by atoms with Crippen molar-refractivity contribution in [3.8, 4) is 5.75 Å². The molecule has 128 valence electrons. The second-order valence-corrected chi connectivity index (χ2v) is 5.92. The van der Waals surface area contributed by atoms with Gasteiger partial charge in [0.2, 0.25) is 5.91 Å². The van der Waals surface area contributed by atoms with Gasteiger partial charge in [0.15, 0.2) is 0 Å². The molecule has 0 spiro atoms. The van der Waals surface area contributed by atoms with Gasteiger partial charge in [-0.15, -0.1) is 0 Å². The van der Waals surface area contributed by atoms with Gasteiger partial charge in [0.1, 0.15) is 5.75 Å². The van der Waals surface area contributed by atoms with E-state index in [1.54, 1.807) is 0 Å². The molecule has 2 aromatic carbocycles. The predicted molar refractivity (Wildman–Crippen MR) is 99.7 cm³/mol. The first-order valence-corrected chi connectivity index (χ1v) is 8.74. The molecule has 0 aromatic heterocycles. The molecule has 0 atom stereocenters. The molecule has 2 rings (SSSR count). The molecule has 1 amide bonds. The standard InChI is InChI=1S/C21H27NO2/c1-4-17-11-8-12-18(5-2)21(17)22-20(23)14-9-15-24-19-13-7-6-10-16(19)3/h6-8,10-13H,4-5,9,14-15H2,1-3H3,(H,22,23). The topological polar surface area (TPSA) is 38.3 Å². The van der Waals surface area contributed by atoms with Gasteiger partial charge in [0.05, 0.1) is 6.61 Å². The maximum absolute atomic E-state index is 12.3. The minimum absolute atomic E-state index is 0.0546. The molecule has 24 heavy (non-hydrogen) atoms. The zero-order chi connectivity index (χ0) is 17.4. The van der Waals surface area contributed by atoms with Gasteiger partial charge in [-0.2, -0.15) is 0 Å². The van der Waals surface area contributed by atoms with Gasteiger partial charge in [-0.25, -0.2) is 0 Å². The Morgan fingerprint density at radius 2 is 1.67 bits per heavy atom. The number of hydrogen-bond donors (Lipinski definition) is 1. The lowest BCUT2D eigenvalue weighted by molar-refractivity contribution is -0.116. The molecular formula is C21H27NO2. The monoisotopic (exact) mass is 325 g/mol. The summed E-state index contributed by atoms with van der Waals surface area (Å²) >= 11 is 0. The molecule has 0 bridgehead atoms. The van der Waals surface area contributed by atoms with Crippen molar-refractivity contribution in [1.29, 1.82) is 0 Å². The highest BCUT2D eigenvalue weighted by molar-refractivity contribution is 5.92. The molecule has 0 fully saturated rings. The average Bonchev–Trinajstić information content (AvgIpc) is 2.60. The molecule has 0 aliphatic heterocycles. The number of aryl methyl sites for hydroxylation is 3. The van der Waals surface area contributed by atoms with Crippen molar-refractivity contribution in [3.63, 3.8) is 0 Å². The first-order valence-electron chi connectivity index (χ1n) is 8.74. The van der Waals surface area contributed by atoms with Crippen LogP contribution in [-0.4, -0.2) is 12.5 Å². The van der Waals surface area contributed by atoms with Gasteiger partial charge in [-0.3, -0.25) is 4.79 Å². The second-order valence-electron chi connectivity index (χ2n) is 5.92. The predicted octanol–water partition coefficient (Wildman–Crippen LogP) is 4.92. The van der Waals surface area contributed by atoms with Crippen LogP contribution in [0.25, 0.3) is 0 Å². The zero-order valence-electron chi connectivity index (χ0n) is 14.9. The van der Waals surface area contributed by atoms with E-state index in [0.29, 0.717) is 19.4 Å². The lowest BCUT2D eigenvalue weighted by atomic mass is 10.0. The van der Waals surface area contributed by atoms with E-state index in [1.165, 1.54) is 11.1 Å². The van der Waals surface area contributed by atoms with Crippen LogP contribution in [0.15, 0.2) is 42.5 Å². The number of carbonyl (C=O) groups is 1. The number of anilines is 1. The Kier molecular flexibility index (Phi) is 6.86. The normalized spacial score (nSPS) is 10.5. The highest BCUT2D eigenvalue weighted by Crippen LogP contribution is 2.23. The number of nitrogens with one attached hydrogen (secondary N) is 1. The highest BCUT2D eigenvalue weighted by atomic mass is 16.5. The van der Waals surface area contributed by atoms with Crippen LogP contribution in [0.3, 0.4) is 0 Å². The summed E-state index contributed by atoms with van der Waals surface area (Å²) in [5, 5.41) is 3.10. The Labute approximate surface area is 145 Å². The number of amides is 1. The molecule has 0 aliphatic rings. The summed E-state index contributed by atoms with van der Waals surface area (Å²) in [5.74, 6) is 0.946. The third-order valence-electron chi connectivity index (χ3n) is 4.16. The van der Waals surface area contributed by atoms with Crippen LogP contribution >= 0.6 is 0 Å². The van der Waals surface area contributed by atoms with E-state index in [4.69, 9.17) is 4.74 Å². The average molecular weight is 325 g/mol. The fourth-order valence-electron chi connectivity index (χ4n) is 2.74. The molecule has 0 saturated carbocycles. The molecule has 0 aliphatic carbocycles. The number of ether oxygens (including phenoxy) is 1. The van der Waals surface area contributed by atoms with E-state index < -0.39 is 0 Å². The van der Waals surface area contributed by atoms with Gasteiger partial charge < -0.3 is 10.1 Å². The van der Waals surface area contributed by atoms with Gasteiger partial charge in [-0.1, -0.05) is 50.2 Å². The summed E-state index contributed by atoms with van der Waals surface area (Å²) < 4.78 is 5.75. The van der Waals surface area contributed by atoms with Crippen LogP contribution in [0.4, 0.5) is 5.69 Å². The van der Waals surface area contributed by atoms with Crippen molar-refractivity contribution in [1.82, 2.24) is 0 Å². The zero-order valence-corrected chi connectivity index (χ0v) is 14.9. The Balaban J connectivity index is 1.85. The summed E-state index contributed by atoms with van der Waals surface area (Å²) in [6.45, 7) is 6.80. The minimum Gasteiger partial charge on any atom is -0.493 e. The number of carbonyl (C=O) groups excluding carboxylic acids is 1. The van der Waals surface area contributed by atoms with E-state index in [1.807, 2.05) is 31.2 Å². The van der Waals surface area contributed by atoms with Gasteiger partial charge in [0.25, 0.3) is 0 Å². The molecule has 0 unspecified atom stereocenters. The minimum atomic E-state index is 0.0546.